The van der Waals surface area contributed by atoms with Crippen LogP contribution in [0.15, 0.2) is 0 Å². The monoisotopic (exact) mass is 217 g/mol. The molecule has 76 valence electrons. The highest BCUT2D eigenvalue weighted by atomic mass is 33.1. The fourth-order valence-corrected chi connectivity index (χ4v) is 4.30. The van der Waals surface area contributed by atoms with Crippen molar-refractivity contribution in [2.75, 3.05) is 0 Å². The molecule has 2 aliphatic heterocycles. The van der Waals surface area contributed by atoms with Gasteiger partial charge in [-0.1, -0.05) is 25.5 Å². The Balaban J connectivity index is 2.02. The third-order valence-corrected chi connectivity index (χ3v) is 5.09. The fraction of sp³-hybridized carbons (Fsp3) is 1.00. The van der Waals surface area contributed by atoms with Gasteiger partial charge in [-0.3, -0.25) is 0 Å². The lowest BCUT2D eigenvalue weighted by atomic mass is 9.84. The van der Waals surface area contributed by atoms with Gasteiger partial charge in [0.05, 0.1) is 0 Å². The van der Waals surface area contributed by atoms with Gasteiger partial charge in [-0.15, -0.1) is 0 Å². The summed E-state index contributed by atoms with van der Waals surface area (Å²) >= 11 is 4.35. The maximum absolute atomic E-state index is 4.35. The van der Waals surface area contributed by atoms with Crippen LogP contribution in [0.1, 0.15) is 39.5 Å². The lowest BCUT2D eigenvalue weighted by Crippen LogP contribution is -2.38. The number of fused-ring (bicyclic) bond motifs is 2. The molecule has 0 amide bonds. The Labute approximate surface area is 90.6 Å². The second-order valence-electron chi connectivity index (χ2n) is 4.80. The topological polar surface area (TPSA) is 3.24 Å². The number of thiol groups is 1. The van der Waals surface area contributed by atoms with E-state index in [1.165, 1.54) is 25.7 Å². The van der Waals surface area contributed by atoms with Gasteiger partial charge in [0.1, 0.15) is 0 Å². The number of hydrogen-bond acceptors (Lipinski definition) is 3. The molecule has 13 heavy (non-hydrogen) atoms. The molecule has 3 heteroatoms. The molecular weight excluding hydrogens is 198 g/mol. The fourth-order valence-electron chi connectivity index (χ4n) is 2.85. The van der Waals surface area contributed by atoms with Gasteiger partial charge >= 0.3 is 0 Å². The lowest BCUT2D eigenvalue weighted by molar-refractivity contribution is 0.171. The molecular formula is C10H19NS2. The second kappa shape index (κ2) is 4.03. The Hall–Kier alpha value is 0.660. The van der Waals surface area contributed by atoms with Crippen molar-refractivity contribution in [1.29, 1.82) is 0 Å². The third-order valence-electron chi connectivity index (χ3n) is 3.74. The molecule has 2 aliphatic rings. The average molecular weight is 217 g/mol. The predicted molar refractivity (Wildman–Crippen MR) is 62.8 cm³/mol. The largest absolute Gasteiger partial charge is 0.235 e. The first-order chi connectivity index (χ1) is 6.22. The molecule has 0 aromatic carbocycles. The molecule has 0 radical (unpaired) electrons. The van der Waals surface area contributed by atoms with E-state index in [4.69, 9.17) is 0 Å². The van der Waals surface area contributed by atoms with Gasteiger partial charge in [-0.25, -0.2) is 4.31 Å². The highest BCUT2D eigenvalue weighted by Crippen LogP contribution is 2.45. The summed E-state index contributed by atoms with van der Waals surface area (Å²) in [5, 5.41) is 0. The normalized spacial score (nSPS) is 40.2. The zero-order valence-electron chi connectivity index (χ0n) is 8.44. The molecule has 0 aromatic rings. The number of rotatable bonds is 2. The standard InChI is InChI=1S/C10H19NS2/c1-7(2)8-5-9-3-4-10(6-8)11(9)13-12/h7-10,12H,3-6H2,1-2H3. The van der Waals surface area contributed by atoms with Crippen LogP contribution in [0.4, 0.5) is 0 Å². The van der Waals surface area contributed by atoms with Crippen molar-refractivity contribution >= 4 is 22.6 Å². The Bertz CT molecular complexity index is 170. The molecule has 2 unspecified atom stereocenters. The van der Waals surface area contributed by atoms with Crippen LogP contribution in [0.3, 0.4) is 0 Å². The second-order valence-corrected chi connectivity index (χ2v) is 5.88. The van der Waals surface area contributed by atoms with Crippen molar-refractivity contribution in [3.63, 3.8) is 0 Å². The molecule has 2 heterocycles. The maximum atomic E-state index is 4.35. The van der Waals surface area contributed by atoms with Gasteiger partial charge in [-0.2, -0.15) is 0 Å². The molecule has 0 aromatic heterocycles. The van der Waals surface area contributed by atoms with Crippen LogP contribution in [0.2, 0.25) is 0 Å². The van der Waals surface area contributed by atoms with Gasteiger partial charge in [0.25, 0.3) is 0 Å². The minimum atomic E-state index is 0.827. The first kappa shape index (κ1) is 10.2. The van der Waals surface area contributed by atoms with Crippen molar-refractivity contribution in [2.45, 2.75) is 51.6 Å². The number of hydrogen-bond donors (Lipinski definition) is 1. The summed E-state index contributed by atoms with van der Waals surface area (Å²) in [7, 11) is 1.67. The Morgan fingerprint density at radius 1 is 1.23 bits per heavy atom. The van der Waals surface area contributed by atoms with E-state index in [2.05, 4.69) is 29.8 Å². The van der Waals surface area contributed by atoms with Crippen LogP contribution < -0.4 is 0 Å². The minimum Gasteiger partial charge on any atom is -0.235 e. The van der Waals surface area contributed by atoms with Crippen LogP contribution in [-0.4, -0.2) is 16.4 Å². The SMILES string of the molecule is CC(C)C1CC2CCC(C1)N2SS. The summed E-state index contributed by atoms with van der Waals surface area (Å²) in [4.78, 5) is 0. The van der Waals surface area contributed by atoms with Crippen LogP contribution in [0.5, 0.6) is 0 Å². The Kier molecular flexibility index (Phi) is 3.16. The molecule has 0 spiro atoms. The van der Waals surface area contributed by atoms with Crippen molar-refractivity contribution in [3.8, 4) is 0 Å². The van der Waals surface area contributed by atoms with Gasteiger partial charge < -0.3 is 0 Å². The molecule has 0 aliphatic carbocycles. The molecule has 0 saturated carbocycles. The van der Waals surface area contributed by atoms with Crippen molar-refractivity contribution in [3.05, 3.63) is 0 Å². The molecule has 0 N–H and O–H groups in total. The van der Waals surface area contributed by atoms with E-state index in [0.29, 0.717) is 0 Å². The average Bonchev–Trinajstić information content (AvgIpc) is 2.34. The molecule has 2 bridgehead atoms. The summed E-state index contributed by atoms with van der Waals surface area (Å²) in [6.07, 6.45) is 5.62. The van der Waals surface area contributed by atoms with E-state index in [0.717, 1.165) is 23.9 Å². The smallest absolute Gasteiger partial charge is 0.0216 e. The quantitative estimate of drug-likeness (QED) is 0.429. The molecule has 2 saturated heterocycles. The van der Waals surface area contributed by atoms with E-state index in [1.54, 1.807) is 11.0 Å². The molecule has 1 nitrogen and oxygen atoms in total. The Morgan fingerprint density at radius 2 is 1.77 bits per heavy atom. The highest BCUT2D eigenvalue weighted by Gasteiger charge is 2.41. The zero-order valence-corrected chi connectivity index (χ0v) is 10.2. The minimum absolute atomic E-state index is 0.827. The third kappa shape index (κ3) is 1.88. The first-order valence-corrected chi connectivity index (χ1v) is 7.14. The zero-order chi connectivity index (χ0) is 9.42. The van der Waals surface area contributed by atoms with Gasteiger partial charge in [-0.05, 0) is 48.5 Å². The van der Waals surface area contributed by atoms with Crippen molar-refractivity contribution in [1.82, 2.24) is 4.31 Å². The van der Waals surface area contributed by atoms with Gasteiger partial charge in [0, 0.05) is 12.1 Å². The molecule has 2 rings (SSSR count). The van der Waals surface area contributed by atoms with Crippen molar-refractivity contribution in [2.24, 2.45) is 11.8 Å². The molecule has 2 fully saturated rings. The Morgan fingerprint density at radius 3 is 2.15 bits per heavy atom. The predicted octanol–water partition coefficient (Wildman–Crippen LogP) is 3.38. The van der Waals surface area contributed by atoms with E-state index < -0.39 is 0 Å². The summed E-state index contributed by atoms with van der Waals surface area (Å²) in [5.74, 6) is 1.84. The van der Waals surface area contributed by atoms with E-state index in [1.807, 2.05) is 0 Å². The van der Waals surface area contributed by atoms with E-state index >= 15 is 0 Å². The van der Waals surface area contributed by atoms with E-state index in [-0.39, 0.29) is 0 Å². The maximum Gasteiger partial charge on any atom is 0.0216 e. The summed E-state index contributed by atoms with van der Waals surface area (Å²) < 4.78 is 2.53. The van der Waals surface area contributed by atoms with Crippen LogP contribution in [0, 0.1) is 11.8 Å². The van der Waals surface area contributed by atoms with Crippen molar-refractivity contribution < 1.29 is 0 Å². The number of nitrogens with zero attached hydrogens (tertiary/aromatic N) is 1. The van der Waals surface area contributed by atoms with Crippen LogP contribution in [0.25, 0.3) is 0 Å². The summed E-state index contributed by atoms with van der Waals surface area (Å²) in [6, 6.07) is 1.65. The van der Waals surface area contributed by atoms with Gasteiger partial charge in [0.2, 0.25) is 0 Å². The van der Waals surface area contributed by atoms with Gasteiger partial charge in [0.15, 0.2) is 0 Å². The van der Waals surface area contributed by atoms with Crippen LogP contribution >= 0.6 is 22.6 Å². The lowest BCUT2D eigenvalue weighted by Gasteiger charge is -2.38. The van der Waals surface area contributed by atoms with E-state index in [9.17, 15) is 0 Å². The summed E-state index contributed by atoms with van der Waals surface area (Å²) in [5.41, 5.74) is 0. The molecule has 2 atom stereocenters. The first-order valence-electron chi connectivity index (χ1n) is 5.32. The summed E-state index contributed by atoms with van der Waals surface area (Å²) in [6.45, 7) is 4.74. The highest BCUT2D eigenvalue weighted by molar-refractivity contribution is 8.67. The number of piperidine rings is 1. The van der Waals surface area contributed by atoms with Crippen LogP contribution in [-0.2, 0) is 0 Å².